The molecular formula is C50H71N15O9S2. The highest BCUT2D eigenvalue weighted by atomic mass is 32.1. The molecule has 0 saturated heterocycles. The van der Waals surface area contributed by atoms with Crippen molar-refractivity contribution in [3.8, 4) is 0 Å². The Morgan fingerprint density at radius 3 is 1.79 bits per heavy atom. The van der Waals surface area contributed by atoms with Crippen LogP contribution in [0.3, 0.4) is 0 Å². The first-order valence-corrected chi connectivity index (χ1v) is 26.2. The summed E-state index contributed by atoms with van der Waals surface area (Å²) in [6.07, 6.45) is 6.37. The third-order valence-electron chi connectivity index (χ3n) is 11.9. The highest BCUT2D eigenvalue weighted by Gasteiger charge is 2.33. The molecule has 16 N–H and O–H groups in total. The number of amides is 9. The Kier molecular flexibility index (Phi) is 25.6. The molecule has 0 aliphatic heterocycles. The van der Waals surface area contributed by atoms with Gasteiger partial charge in [-0.25, -0.2) is 4.98 Å². The molecular weight excluding hydrogens is 1020 g/mol. The molecule has 0 aliphatic carbocycles. The predicted molar refractivity (Wildman–Crippen MR) is 292 cm³/mol. The number of unbranched alkanes of at least 4 members (excludes halogenated alkanes) is 1. The summed E-state index contributed by atoms with van der Waals surface area (Å²) in [5.74, 6) is -6.29. The number of guanidine groups is 1. The van der Waals surface area contributed by atoms with Gasteiger partial charge in [-0.05, 0) is 42.9 Å². The number of primary amides is 1. The van der Waals surface area contributed by atoms with Gasteiger partial charge < -0.3 is 69.7 Å². The van der Waals surface area contributed by atoms with Crippen LogP contribution >= 0.6 is 25.3 Å². The lowest BCUT2D eigenvalue weighted by molar-refractivity contribution is -0.135. The SMILES string of the molecule is CCCC[C@H](NC(C)=O)C(=O)N[C@H](CS)C(=O)NCCCC(=O)N[C@@H](Cc1cnc[nH]1)C(=O)N[C@H](Cc1ccccc1)C(=O)N[C@@H](CCCN=C(N)N)C(=O)N[C@@H](Cc1c[nH]c2ccccc12)C(=O)N[C@H](CS)C(N)=O. The van der Waals surface area contributed by atoms with Gasteiger partial charge in [0.15, 0.2) is 5.96 Å². The normalized spacial score (nSPS) is 13.7. The molecule has 9 amide bonds. The predicted octanol–water partition coefficient (Wildman–Crippen LogP) is -1.18. The van der Waals surface area contributed by atoms with E-state index < -0.39 is 89.6 Å². The van der Waals surface area contributed by atoms with Crippen LogP contribution in [-0.2, 0) is 62.4 Å². The summed E-state index contributed by atoms with van der Waals surface area (Å²) >= 11 is 8.37. The van der Waals surface area contributed by atoms with Crippen molar-refractivity contribution < 1.29 is 43.2 Å². The Bertz CT molecular complexity index is 2600. The third kappa shape index (κ3) is 20.6. The molecule has 26 heteroatoms. The molecule has 2 aromatic heterocycles. The maximum atomic E-state index is 14.6. The quantitative estimate of drug-likeness (QED) is 0.0116. The van der Waals surface area contributed by atoms with Gasteiger partial charge >= 0.3 is 0 Å². The average Bonchev–Trinajstić information content (AvgIpc) is 4.07. The van der Waals surface area contributed by atoms with E-state index >= 15 is 0 Å². The highest BCUT2D eigenvalue weighted by molar-refractivity contribution is 7.80. The number of nitrogens with zero attached hydrogens (tertiary/aromatic N) is 2. The Labute approximate surface area is 451 Å². The van der Waals surface area contributed by atoms with Crippen LogP contribution in [-0.4, -0.2) is 141 Å². The Balaban J connectivity index is 1.53. The molecule has 2 aromatic carbocycles. The molecule has 2 heterocycles. The van der Waals surface area contributed by atoms with Crippen LogP contribution in [0.5, 0.6) is 0 Å². The fourth-order valence-corrected chi connectivity index (χ4v) is 8.45. The van der Waals surface area contributed by atoms with E-state index in [4.69, 9.17) is 17.2 Å². The maximum absolute atomic E-state index is 14.6. The van der Waals surface area contributed by atoms with E-state index in [0.717, 1.165) is 17.3 Å². The molecule has 24 nitrogen and oxygen atoms in total. The van der Waals surface area contributed by atoms with Crippen molar-refractivity contribution in [3.63, 3.8) is 0 Å². The number of aromatic amines is 2. The molecule has 0 radical (unpaired) electrons. The zero-order chi connectivity index (χ0) is 55.6. The van der Waals surface area contributed by atoms with Crippen LogP contribution in [0.2, 0.25) is 0 Å². The smallest absolute Gasteiger partial charge is 0.243 e. The van der Waals surface area contributed by atoms with Crippen LogP contribution in [0.15, 0.2) is 78.3 Å². The Morgan fingerprint density at radius 2 is 1.18 bits per heavy atom. The number of fused-ring (bicyclic) bond motifs is 1. The number of para-hydroxylation sites is 1. The minimum absolute atomic E-state index is 0.0206. The zero-order valence-corrected chi connectivity index (χ0v) is 44.4. The lowest BCUT2D eigenvalue weighted by Gasteiger charge is -2.27. The minimum Gasteiger partial charge on any atom is -0.370 e. The molecule has 76 heavy (non-hydrogen) atoms. The molecule has 0 unspecified atom stereocenters. The number of thiol groups is 2. The van der Waals surface area contributed by atoms with Gasteiger partial charge in [-0.2, -0.15) is 25.3 Å². The van der Waals surface area contributed by atoms with Crippen molar-refractivity contribution in [1.29, 1.82) is 0 Å². The summed E-state index contributed by atoms with van der Waals surface area (Å²) in [5.41, 5.74) is 19.2. The van der Waals surface area contributed by atoms with Crippen LogP contribution in [0.4, 0.5) is 0 Å². The summed E-state index contributed by atoms with van der Waals surface area (Å²) in [6.45, 7) is 3.34. The lowest BCUT2D eigenvalue weighted by atomic mass is 10.0. The van der Waals surface area contributed by atoms with Crippen LogP contribution in [0.1, 0.15) is 75.6 Å². The second-order valence-corrected chi connectivity index (χ2v) is 18.7. The van der Waals surface area contributed by atoms with E-state index in [1.807, 2.05) is 31.2 Å². The Morgan fingerprint density at radius 1 is 0.618 bits per heavy atom. The maximum Gasteiger partial charge on any atom is 0.243 e. The van der Waals surface area contributed by atoms with Crippen LogP contribution in [0.25, 0.3) is 10.9 Å². The number of hydrogen-bond donors (Lipinski definition) is 15. The number of nitrogens with two attached hydrogens (primary N) is 3. The van der Waals surface area contributed by atoms with Gasteiger partial charge in [-0.3, -0.25) is 48.1 Å². The van der Waals surface area contributed by atoms with Crippen LogP contribution < -0.4 is 59.7 Å². The monoisotopic (exact) mass is 1090 g/mol. The Hall–Kier alpha value is -7.61. The number of carbonyl (C=O) groups excluding carboxylic acids is 9. The number of imidazole rings is 1. The minimum atomic E-state index is -1.34. The van der Waals surface area contributed by atoms with E-state index in [0.29, 0.717) is 29.7 Å². The van der Waals surface area contributed by atoms with Crippen molar-refractivity contribution in [2.45, 2.75) is 120 Å². The number of aromatic nitrogens is 3. The molecule has 4 rings (SSSR count). The van der Waals surface area contributed by atoms with Gasteiger partial charge in [-0.1, -0.05) is 68.3 Å². The van der Waals surface area contributed by atoms with Crippen LogP contribution in [0, 0.1) is 0 Å². The van der Waals surface area contributed by atoms with Gasteiger partial charge in [0.1, 0.15) is 42.3 Å². The molecule has 0 spiro atoms. The van der Waals surface area contributed by atoms with E-state index in [9.17, 15) is 43.2 Å². The van der Waals surface area contributed by atoms with Crippen molar-refractivity contribution in [3.05, 3.63) is 90.1 Å². The van der Waals surface area contributed by atoms with Crippen molar-refractivity contribution in [2.75, 3.05) is 24.6 Å². The first kappa shape index (κ1) is 60.9. The van der Waals surface area contributed by atoms with Gasteiger partial charge in [0.2, 0.25) is 53.2 Å². The summed E-state index contributed by atoms with van der Waals surface area (Å²) in [4.78, 5) is 135. The summed E-state index contributed by atoms with van der Waals surface area (Å²) in [5, 5.41) is 22.3. The largest absolute Gasteiger partial charge is 0.370 e. The van der Waals surface area contributed by atoms with Gasteiger partial charge in [0.05, 0.1) is 6.33 Å². The van der Waals surface area contributed by atoms with E-state index in [1.165, 1.54) is 19.4 Å². The zero-order valence-electron chi connectivity index (χ0n) is 42.6. The van der Waals surface area contributed by atoms with Crippen molar-refractivity contribution in [1.82, 2.24) is 57.5 Å². The van der Waals surface area contributed by atoms with E-state index in [2.05, 4.69) is 87.7 Å². The van der Waals surface area contributed by atoms with Crippen molar-refractivity contribution in [2.24, 2.45) is 22.2 Å². The first-order chi connectivity index (χ1) is 36.4. The standard InChI is InChI=1S/C50H71N15O9S2/c1-3-4-15-35(59-29(2)66)45(70)65-41(27-76)44(69)55-19-11-18-42(67)60-39(23-32-25-54-28-58-32)49(74)62-37(21-30-12-6-5-7-13-30)47(72)61-36(17-10-20-56-50(52)53)46(71)63-38(48(73)64-40(26-75)43(51)68)22-31-24-57-34-16-9-8-14-33(31)34/h5-9,12-14,16,24-25,28,35-41,57,75-76H,3-4,10-11,15,17-23,26-27H2,1-2H3,(H2,51,68)(H,54,58)(H,55,69)(H,59,66)(H,60,67)(H,61,72)(H,62,74)(H,63,71)(H,64,73)(H,65,70)(H4,52,53,56)/t35-,36-,37+,38-,39-,40+,41+/m0/s1. The molecule has 0 bridgehead atoms. The second-order valence-electron chi connectivity index (χ2n) is 18.0. The number of carbonyl (C=O) groups is 9. The number of benzene rings is 2. The number of nitrogens with one attached hydrogen (secondary N) is 10. The molecule has 0 saturated carbocycles. The second kappa shape index (κ2) is 32.0. The first-order valence-electron chi connectivity index (χ1n) is 24.9. The number of aliphatic imine (C=N–C) groups is 1. The topological polar surface area (TPSA) is 385 Å². The molecule has 412 valence electrons. The lowest BCUT2D eigenvalue weighted by Crippen LogP contribution is -2.60. The fraction of sp³-hybridized carbons (Fsp3) is 0.460. The van der Waals surface area contributed by atoms with E-state index in [1.54, 1.807) is 36.5 Å². The highest BCUT2D eigenvalue weighted by Crippen LogP contribution is 2.20. The van der Waals surface area contributed by atoms with Gasteiger partial charge in [-0.15, -0.1) is 0 Å². The summed E-state index contributed by atoms with van der Waals surface area (Å²) < 4.78 is 0. The summed E-state index contributed by atoms with van der Waals surface area (Å²) in [6, 6.07) is 7.85. The molecule has 0 fully saturated rings. The molecule has 4 aromatic rings. The number of H-pyrrole nitrogens is 2. The summed E-state index contributed by atoms with van der Waals surface area (Å²) in [7, 11) is 0. The van der Waals surface area contributed by atoms with E-state index in [-0.39, 0.29) is 81.4 Å². The van der Waals surface area contributed by atoms with Crippen molar-refractivity contribution >= 4 is 95.3 Å². The fourth-order valence-electron chi connectivity index (χ4n) is 7.92. The average molecular weight is 1090 g/mol. The van der Waals surface area contributed by atoms with Gasteiger partial charge in [0, 0.05) is 86.2 Å². The number of rotatable bonds is 33. The third-order valence-corrected chi connectivity index (χ3v) is 12.7. The van der Waals surface area contributed by atoms with Gasteiger partial charge in [0.25, 0.3) is 0 Å². The molecule has 7 atom stereocenters. The number of hydrogen-bond acceptors (Lipinski definition) is 13. The molecule has 0 aliphatic rings.